The molecule has 0 aromatic heterocycles. The summed E-state index contributed by atoms with van der Waals surface area (Å²) in [5.41, 5.74) is 1.46. The van der Waals surface area contributed by atoms with Gasteiger partial charge < -0.3 is 5.11 Å². The molecule has 0 radical (unpaired) electrons. The van der Waals surface area contributed by atoms with Crippen LogP contribution in [0, 0.1) is 0 Å². The van der Waals surface area contributed by atoms with E-state index in [-0.39, 0.29) is 5.41 Å². The van der Waals surface area contributed by atoms with Crippen LogP contribution in [0.4, 0.5) is 0 Å². The second kappa shape index (κ2) is 4.81. The molecule has 1 aliphatic carbocycles. The van der Waals surface area contributed by atoms with Crippen molar-refractivity contribution >= 4 is 21.9 Å². The molecule has 0 atom stereocenters. The number of benzene rings is 1. The number of carboxylic acid groups (broad SMARTS) is 1. The highest BCUT2D eigenvalue weighted by molar-refractivity contribution is 9.10. The Hall–Kier alpha value is -0.830. The topological polar surface area (TPSA) is 37.3 Å². The van der Waals surface area contributed by atoms with Gasteiger partial charge in [0.05, 0.1) is 5.56 Å². The Bertz CT molecular complexity index is 434. The quantitative estimate of drug-likeness (QED) is 0.880. The zero-order chi connectivity index (χ0) is 12.5. The van der Waals surface area contributed by atoms with Crippen molar-refractivity contribution in [3.05, 3.63) is 33.8 Å². The van der Waals surface area contributed by atoms with E-state index in [2.05, 4.69) is 22.9 Å². The fourth-order valence-electron chi connectivity index (χ4n) is 2.80. The number of halogens is 1. The van der Waals surface area contributed by atoms with Crippen molar-refractivity contribution in [2.45, 2.75) is 44.4 Å². The van der Waals surface area contributed by atoms with Crippen LogP contribution in [-0.4, -0.2) is 11.1 Å². The highest BCUT2D eigenvalue weighted by atomic mass is 79.9. The zero-order valence-corrected chi connectivity index (χ0v) is 11.6. The van der Waals surface area contributed by atoms with Crippen LogP contribution in [-0.2, 0) is 5.41 Å². The standard InChI is InChI=1S/C14H17BrO2/c1-14(7-3-2-4-8-14)12-9-10(15)5-6-11(12)13(16)17/h5-6,9H,2-4,7-8H2,1H3,(H,16,17). The van der Waals surface area contributed by atoms with Gasteiger partial charge in [0.1, 0.15) is 0 Å². The number of rotatable bonds is 2. The first-order valence-corrected chi connectivity index (χ1v) is 6.85. The van der Waals surface area contributed by atoms with Crippen LogP contribution in [0.25, 0.3) is 0 Å². The normalized spacial score (nSPS) is 18.9. The van der Waals surface area contributed by atoms with E-state index < -0.39 is 5.97 Å². The maximum Gasteiger partial charge on any atom is 0.335 e. The molecular weight excluding hydrogens is 280 g/mol. The predicted molar refractivity (Wildman–Crippen MR) is 71.5 cm³/mol. The van der Waals surface area contributed by atoms with E-state index in [9.17, 15) is 9.90 Å². The fraction of sp³-hybridized carbons (Fsp3) is 0.500. The Morgan fingerprint density at radius 1 is 1.29 bits per heavy atom. The summed E-state index contributed by atoms with van der Waals surface area (Å²) in [6.07, 6.45) is 5.84. The van der Waals surface area contributed by atoms with Crippen molar-refractivity contribution in [2.24, 2.45) is 0 Å². The maximum atomic E-state index is 11.3. The molecule has 1 N–H and O–H groups in total. The molecule has 1 aromatic carbocycles. The van der Waals surface area contributed by atoms with Crippen molar-refractivity contribution < 1.29 is 9.90 Å². The van der Waals surface area contributed by atoms with Crippen molar-refractivity contribution in [2.75, 3.05) is 0 Å². The van der Waals surface area contributed by atoms with Gasteiger partial charge in [-0.25, -0.2) is 4.79 Å². The average Bonchev–Trinajstić information content (AvgIpc) is 2.29. The van der Waals surface area contributed by atoms with Crippen molar-refractivity contribution in [1.29, 1.82) is 0 Å². The van der Waals surface area contributed by atoms with Crippen molar-refractivity contribution in [1.82, 2.24) is 0 Å². The minimum Gasteiger partial charge on any atom is -0.478 e. The van der Waals surface area contributed by atoms with E-state index in [0.29, 0.717) is 5.56 Å². The molecule has 1 saturated carbocycles. The third kappa shape index (κ3) is 2.54. The van der Waals surface area contributed by atoms with Gasteiger partial charge in [-0.3, -0.25) is 0 Å². The first kappa shape index (κ1) is 12.6. The lowest BCUT2D eigenvalue weighted by atomic mass is 9.69. The fourth-order valence-corrected chi connectivity index (χ4v) is 3.16. The molecule has 17 heavy (non-hydrogen) atoms. The Morgan fingerprint density at radius 3 is 2.53 bits per heavy atom. The highest BCUT2D eigenvalue weighted by Gasteiger charge is 2.32. The molecule has 0 saturated heterocycles. The summed E-state index contributed by atoms with van der Waals surface area (Å²) in [7, 11) is 0. The lowest BCUT2D eigenvalue weighted by molar-refractivity contribution is 0.0693. The molecule has 1 aliphatic rings. The molecule has 0 amide bonds. The van der Waals surface area contributed by atoms with E-state index in [1.165, 1.54) is 19.3 Å². The van der Waals surface area contributed by atoms with Gasteiger partial charge in [-0.05, 0) is 42.0 Å². The number of hydrogen-bond acceptors (Lipinski definition) is 1. The Kier molecular flexibility index (Phi) is 3.57. The van der Waals surface area contributed by atoms with Crippen LogP contribution in [0.5, 0.6) is 0 Å². The third-order valence-electron chi connectivity index (χ3n) is 3.82. The van der Waals surface area contributed by atoms with Gasteiger partial charge in [-0.1, -0.05) is 42.1 Å². The smallest absolute Gasteiger partial charge is 0.335 e. The first-order valence-electron chi connectivity index (χ1n) is 6.06. The Labute approximate surface area is 110 Å². The molecule has 0 heterocycles. The van der Waals surface area contributed by atoms with E-state index >= 15 is 0 Å². The molecule has 0 spiro atoms. The summed E-state index contributed by atoms with van der Waals surface area (Å²) >= 11 is 3.44. The Balaban J connectivity index is 2.48. The second-order valence-corrected chi connectivity index (χ2v) is 6.03. The number of carboxylic acids is 1. The van der Waals surface area contributed by atoms with E-state index in [1.54, 1.807) is 12.1 Å². The van der Waals surface area contributed by atoms with Gasteiger partial charge in [0.2, 0.25) is 0 Å². The summed E-state index contributed by atoms with van der Waals surface area (Å²) < 4.78 is 0.962. The molecule has 1 aromatic rings. The monoisotopic (exact) mass is 296 g/mol. The molecule has 1 fully saturated rings. The largest absolute Gasteiger partial charge is 0.478 e. The van der Waals surface area contributed by atoms with E-state index in [1.807, 2.05) is 6.07 Å². The van der Waals surface area contributed by atoms with Gasteiger partial charge in [0, 0.05) is 4.47 Å². The maximum absolute atomic E-state index is 11.3. The van der Waals surface area contributed by atoms with Crippen molar-refractivity contribution in [3.63, 3.8) is 0 Å². The number of hydrogen-bond donors (Lipinski definition) is 1. The van der Waals surface area contributed by atoms with Crippen LogP contribution in [0.2, 0.25) is 0 Å². The Morgan fingerprint density at radius 2 is 1.94 bits per heavy atom. The van der Waals surface area contributed by atoms with Crippen molar-refractivity contribution in [3.8, 4) is 0 Å². The summed E-state index contributed by atoms with van der Waals surface area (Å²) in [4.78, 5) is 11.3. The van der Waals surface area contributed by atoms with Crippen LogP contribution in [0.1, 0.15) is 54.9 Å². The summed E-state index contributed by atoms with van der Waals surface area (Å²) in [6, 6.07) is 5.50. The first-order chi connectivity index (χ1) is 8.03. The lowest BCUT2D eigenvalue weighted by Crippen LogP contribution is -2.27. The number of aromatic carboxylic acids is 1. The van der Waals surface area contributed by atoms with Gasteiger partial charge in [-0.15, -0.1) is 0 Å². The SMILES string of the molecule is CC1(c2cc(Br)ccc2C(=O)O)CCCCC1. The molecule has 0 bridgehead atoms. The van der Waals surface area contributed by atoms with Crippen LogP contribution >= 0.6 is 15.9 Å². The molecule has 2 rings (SSSR count). The molecule has 3 heteroatoms. The summed E-state index contributed by atoms with van der Waals surface area (Å²) in [5, 5.41) is 9.29. The van der Waals surface area contributed by atoms with Crippen LogP contribution in [0.15, 0.2) is 22.7 Å². The minimum atomic E-state index is -0.820. The highest BCUT2D eigenvalue weighted by Crippen LogP contribution is 2.41. The predicted octanol–water partition coefficient (Wildman–Crippen LogP) is 4.37. The molecule has 0 aliphatic heterocycles. The van der Waals surface area contributed by atoms with E-state index in [0.717, 1.165) is 22.9 Å². The molecule has 92 valence electrons. The summed E-state index contributed by atoms with van der Waals surface area (Å²) in [6.45, 7) is 2.19. The molecule has 0 unspecified atom stereocenters. The van der Waals surface area contributed by atoms with Gasteiger partial charge >= 0.3 is 5.97 Å². The molecule has 2 nitrogen and oxygen atoms in total. The average molecular weight is 297 g/mol. The van der Waals surface area contributed by atoms with E-state index in [4.69, 9.17) is 0 Å². The zero-order valence-electron chi connectivity index (χ0n) is 10.0. The second-order valence-electron chi connectivity index (χ2n) is 5.12. The number of carbonyl (C=O) groups is 1. The van der Waals surface area contributed by atoms with Gasteiger partial charge in [0.25, 0.3) is 0 Å². The van der Waals surface area contributed by atoms with Gasteiger partial charge in [-0.2, -0.15) is 0 Å². The molecular formula is C14H17BrO2. The summed E-state index contributed by atoms with van der Waals surface area (Å²) in [5.74, 6) is -0.820. The third-order valence-corrected chi connectivity index (χ3v) is 4.31. The van der Waals surface area contributed by atoms with Crippen LogP contribution < -0.4 is 0 Å². The van der Waals surface area contributed by atoms with Crippen LogP contribution in [0.3, 0.4) is 0 Å². The van der Waals surface area contributed by atoms with Gasteiger partial charge in [0.15, 0.2) is 0 Å². The lowest BCUT2D eigenvalue weighted by Gasteiger charge is -2.35. The minimum absolute atomic E-state index is 0.0236.